The fourth-order valence-corrected chi connectivity index (χ4v) is 8.18. The van der Waals surface area contributed by atoms with Crippen molar-refractivity contribution in [3.05, 3.63) is 28.2 Å². The molecular formula is C28H40Cl2N6O7S. The van der Waals surface area contributed by atoms with Gasteiger partial charge in [0.2, 0.25) is 21.8 Å². The molecule has 16 heteroatoms. The van der Waals surface area contributed by atoms with Gasteiger partial charge in [-0.1, -0.05) is 23.2 Å². The Balaban J connectivity index is 1.24. The number of piperidine rings is 1. The number of aliphatic carboxylic acids is 1. The smallest absolute Gasteiger partial charge is 0.326 e. The first-order valence-electron chi connectivity index (χ1n) is 14.9. The van der Waals surface area contributed by atoms with Crippen LogP contribution in [0.2, 0.25) is 10.0 Å². The summed E-state index contributed by atoms with van der Waals surface area (Å²) in [4.78, 5) is 56.0. The lowest BCUT2D eigenvalue weighted by Crippen LogP contribution is -2.52. The van der Waals surface area contributed by atoms with Crippen LogP contribution >= 0.6 is 23.2 Å². The zero-order valence-electron chi connectivity index (χ0n) is 24.7. The summed E-state index contributed by atoms with van der Waals surface area (Å²) >= 11 is 12.0. The molecule has 2 atom stereocenters. The number of piperazine rings is 1. The van der Waals surface area contributed by atoms with Crippen LogP contribution in [0.4, 0.5) is 4.79 Å². The standard InChI is InChI=1S/C28H40Cl2N6O7S/c1-33-11-13-35(14-12-33)28(41)31-18-19-6-9-34(10-7-19)25(37)5-4-23(27(39)40)32-26(38)24-3-2-8-36(24)44(42,43)22-16-20(29)15-21(30)17-22/h15-17,19,23-24H,2-14,18H2,1H3,(H,31,41)(H,32,38)(H,39,40)/t23-,24+/m0/s1. The molecule has 3 N–H and O–H groups in total. The monoisotopic (exact) mass is 674 g/mol. The second kappa shape index (κ2) is 15.1. The molecule has 244 valence electrons. The SMILES string of the molecule is CN1CCN(C(=O)NCC2CCN(C(=O)CC[C@H](NC(=O)[C@H]3CCCN3S(=O)(=O)c3cc(Cl)cc(Cl)c3)C(=O)O)CC2)CC1. The molecule has 4 amide bonds. The van der Waals surface area contributed by atoms with Crippen LogP contribution in [0.1, 0.15) is 38.5 Å². The van der Waals surface area contributed by atoms with E-state index >= 15 is 0 Å². The van der Waals surface area contributed by atoms with Crippen LogP contribution in [0.25, 0.3) is 0 Å². The maximum absolute atomic E-state index is 13.3. The van der Waals surface area contributed by atoms with E-state index in [1.165, 1.54) is 18.2 Å². The molecule has 0 saturated carbocycles. The Morgan fingerprint density at radius 1 is 0.932 bits per heavy atom. The molecule has 3 heterocycles. The van der Waals surface area contributed by atoms with Gasteiger partial charge in [-0.3, -0.25) is 9.59 Å². The predicted molar refractivity (Wildman–Crippen MR) is 164 cm³/mol. The number of carbonyl (C=O) groups excluding carboxylic acids is 3. The number of sulfonamides is 1. The summed E-state index contributed by atoms with van der Waals surface area (Å²) < 4.78 is 27.6. The summed E-state index contributed by atoms with van der Waals surface area (Å²) in [5, 5.41) is 15.5. The van der Waals surface area contributed by atoms with Crippen molar-refractivity contribution in [2.45, 2.75) is 55.5 Å². The summed E-state index contributed by atoms with van der Waals surface area (Å²) in [7, 11) is -2.10. The Morgan fingerprint density at radius 3 is 2.18 bits per heavy atom. The van der Waals surface area contributed by atoms with Gasteiger partial charge in [0.1, 0.15) is 12.1 Å². The number of amides is 4. The van der Waals surface area contributed by atoms with Crippen molar-refractivity contribution in [1.82, 2.24) is 29.6 Å². The molecule has 1 aromatic carbocycles. The Kier molecular flexibility index (Phi) is 11.7. The number of carboxylic acids is 1. The predicted octanol–water partition coefficient (Wildman–Crippen LogP) is 1.69. The van der Waals surface area contributed by atoms with Crippen LogP contribution in [-0.4, -0.2) is 128 Å². The highest BCUT2D eigenvalue weighted by molar-refractivity contribution is 7.89. The van der Waals surface area contributed by atoms with Gasteiger partial charge in [0.15, 0.2) is 0 Å². The van der Waals surface area contributed by atoms with Gasteiger partial charge in [-0.2, -0.15) is 4.31 Å². The van der Waals surface area contributed by atoms with E-state index in [0.717, 1.165) is 30.2 Å². The Morgan fingerprint density at radius 2 is 1.57 bits per heavy atom. The van der Waals surface area contributed by atoms with Crippen LogP contribution in [-0.2, 0) is 24.4 Å². The maximum atomic E-state index is 13.3. The highest BCUT2D eigenvalue weighted by Gasteiger charge is 2.41. The third-order valence-electron chi connectivity index (χ3n) is 8.51. The van der Waals surface area contributed by atoms with Crippen molar-refractivity contribution in [2.75, 3.05) is 59.4 Å². The number of nitrogens with zero attached hydrogens (tertiary/aromatic N) is 4. The van der Waals surface area contributed by atoms with Gasteiger partial charge in [0.25, 0.3) is 0 Å². The summed E-state index contributed by atoms with van der Waals surface area (Å²) in [5.41, 5.74) is 0. The maximum Gasteiger partial charge on any atom is 0.326 e. The quantitative estimate of drug-likeness (QED) is 0.338. The normalized spacial score (nSPS) is 21.2. The summed E-state index contributed by atoms with van der Waals surface area (Å²) in [6.45, 7) is 4.71. The second-order valence-corrected chi connectivity index (χ2v) is 14.4. The molecule has 44 heavy (non-hydrogen) atoms. The molecule has 1 aromatic rings. The Bertz CT molecular complexity index is 1310. The molecule has 0 aromatic heterocycles. The number of benzene rings is 1. The molecule has 0 unspecified atom stereocenters. The van der Waals surface area contributed by atoms with Crippen LogP contribution in [0.5, 0.6) is 0 Å². The van der Waals surface area contributed by atoms with Gasteiger partial charge < -0.3 is 30.4 Å². The van der Waals surface area contributed by atoms with Crippen molar-refractivity contribution in [2.24, 2.45) is 5.92 Å². The van der Waals surface area contributed by atoms with E-state index in [1.54, 1.807) is 4.90 Å². The molecule has 3 aliphatic heterocycles. The van der Waals surface area contributed by atoms with Crippen molar-refractivity contribution >= 4 is 57.0 Å². The van der Waals surface area contributed by atoms with E-state index in [2.05, 4.69) is 15.5 Å². The molecule has 3 aliphatic rings. The Hall–Kier alpha value is -2.65. The van der Waals surface area contributed by atoms with E-state index in [9.17, 15) is 32.7 Å². The first-order valence-corrected chi connectivity index (χ1v) is 17.0. The van der Waals surface area contributed by atoms with E-state index < -0.39 is 34.0 Å². The third kappa shape index (κ3) is 8.75. The van der Waals surface area contributed by atoms with Gasteiger partial charge in [0.05, 0.1) is 4.90 Å². The summed E-state index contributed by atoms with van der Waals surface area (Å²) in [6, 6.07) is 1.36. The third-order valence-corrected chi connectivity index (χ3v) is 10.8. The average molecular weight is 676 g/mol. The molecule has 3 fully saturated rings. The van der Waals surface area contributed by atoms with Crippen LogP contribution < -0.4 is 10.6 Å². The van der Waals surface area contributed by atoms with E-state index in [1.807, 2.05) is 11.9 Å². The number of carbonyl (C=O) groups is 4. The van der Waals surface area contributed by atoms with E-state index in [-0.39, 0.29) is 58.6 Å². The molecule has 4 rings (SSSR count). The number of likely N-dealkylation sites (tertiary alicyclic amines) is 1. The lowest BCUT2D eigenvalue weighted by atomic mass is 9.96. The van der Waals surface area contributed by atoms with Gasteiger partial charge in [-0.15, -0.1) is 0 Å². The van der Waals surface area contributed by atoms with Crippen molar-refractivity contribution in [3.63, 3.8) is 0 Å². The fraction of sp³-hybridized carbons (Fsp3) is 0.643. The lowest BCUT2D eigenvalue weighted by Gasteiger charge is -2.34. The molecular weight excluding hydrogens is 635 g/mol. The number of hydrogen-bond donors (Lipinski definition) is 3. The minimum Gasteiger partial charge on any atom is -0.480 e. The molecule has 13 nitrogen and oxygen atoms in total. The average Bonchev–Trinajstić information content (AvgIpc) is 3.49. The van der Waals surface area contributed by atoms with E-state index in [0.29, 0.717) is 39.1 Å². The molecule has 0 aliphatic carbocycles. The summed E-state index contributed by atoms with van der Waals surface area (Å²) in [6.07, 6.45) is 1.85. The first kappa shape index (κ1) is 34.2. The van der Waals surface area contributed by atoms with Crippen LogP contribution in [0, 0.1) is 5.92 Å². The number of urea groups is 1. The number of rotatable bonds is 10. The first-order chi connectivity index (χ1) is 20.8. The van der Waals surface area contributed by atoms with Gasteiger partial charge >= 0.3 is 12.0 Å². The minimum absolute atomic E-state index is 0.0643. The number of nitrogens with one attached hydrogen (secondary N) is 2. The molecule has 0 radical (unpaired) electrons. The van der Waals surface area contributed by atoms with Crippen LogP contribution in [0.3, 0.4) is 0 Å². The number of hydrogen-bond acceptors (Lipinski definition) is 7. The minimum atomic E-state index is -4.13. The van der Waals surface area contributed by atoms with Gasteiger partial charge in [-0.05, 0) is 63.3 Å². The summed E-state index contributed by atoms with van der Waals surface area (Å²) in [5.74, 6) is -2.02. The van der Waals surface area contributed by atoms with Crippen LogP contribution in [0.15, 0.2) is 23.1 Å². The van der Waals surface area contributed by atoms with Crippen molar-refractivity contribution < 1.29 is 32.7 Å². The lowest BCUT2D eigenvalue weighted by molar-refractivity contribution is -0.143. The van der Waals surface area contributed by atoms with Gasteiger partial charge in [-0.25, -0.2) is 18.0 Å². The molecule has 0 spiro atoms. The van der Waals surface area contributed by atoms with Crippen molar-refractivity contribution in [1.29, 1.82) is 0 Å². The zero-order valence-corrected chi connectivity index (χ0v) is 27.0. The molecule has 3 saturated heterocycles. The second-order valence-electron chi connectivity index (χ2n) is 11.6. The highest BCUT2D eigenvalue weighted by Crippen LogP contribution is 2.30. The fourth-order valence-electron chi connectivity index (χ4n) is 5.79. The highest BCUT2D eigenvalue weighted by atomic mass is 35.5. The Labute approximate surface area is 267 Å². The molecule has 0 bridgehead atoms. The zero-order chi connectivity index (χ0) is 32.0. The number of halogens is 2. The van der Waals surface area contributed by atoms with Gasteiger partial charge in [0, 0.05) is 68.8 Å². The topological polar surface area (TPSA) is 160 Å². The largest absolute Gasteiger partial charge is 0.480 e. The van der Waals surface area contributed by atoms with E-state index in [4.69, 9.17) is 23.2 Å². The number of carboxylic acid groups (broad SMARTS) is 1. The number of likely N-dealkylation sites (N-methyl/N-ethyl adjacent to an activating group) is 1. The van der Waals surface area contributed by atoms with Crippen molar-refractivity contribution in [3.8, 4) is 0 Å².